The minimum atomic E-state index is -0.852. The van der Waals surface area contributed by atoms with Crippen molar-refractivity contribution < 1.29 is 28.2 Å². The molecule has 0 saturated heterocycles. The monoisotopic (exact) mass is 377 g/mol. The van der Waals surface area contributed by atoms with Crippen LogP contribution in [0.2, 0.25) is 0 Å². The van der Waals surface area contributed by atoms with Gasteiger partial charge in [-0.05, 0) is 42.7 Å². The van der Waals surface area contributed by atoms with Crippen LogP contribution in [0.15, 0.2) is 42.5 Å². The molecule has 2 rings (SSSR count). The van der Waals surface area contributed by atoms with Gasteiger partial charge in [0.25, 0.3) is 0 Å². The SMILES string of the molecule is CC(Cc1ccc(NC(=O)CCCOc2ccc(F)cc2F)cc1)C(=O)O. The first-order valence-corrected chi connectivity index (χ1v) is 8.54. The molecule has 0 fully saturated rings. The first-order chi connectivity index (χ1) is 12.8. The van der Waals surface area contributed by atoms with E-state index in [9.17, 15) is 18.4 Å². The number of rotatable bonds is 9. The van der Waals surface area contributed by atoms with E-state index in [4.69, 9.17) is 9.84 Å². The lowest BCUT2D eigenvalue weighted by molar-refractivity contribution is -0.141. The summed E-state index contributed by atoms with van der Waals surface area (Å²) in [6.07, 6.45) is 0.971. The molecular formula is C20H21F2NO4. The zero-order valence-corrected chi connectivity index (χ0v) is 14.9. The molecule has 0 spiro atoms. The van der Waals surface area contributed by atoms with Gasteiger partial charge < -0.3 is 15.2 Å². The second-order valence-electron chi connectivity index (χ2n) is 6.22. The fourth-order valence-corrected chi connectivity index (χ4v) is 2.40. The van der Waals surface area contributed by atoms with Crippen LogP contribution in [-0.2, 0) is 16.0 Å². The topological polar surface area (TPSA) is 75.6 Å². The molecule has 1 atom stereocenters. The predicted molar refractivity (Wildman–Crippen MR) is 96.7 cm³/mol. The van der Waals surface area contributed by atoms with Gasteiger partial charge in [-0.3, -0.25) is 9.59 Å². The molecule has 27 heavy (non-hydrogen) atoms. The van der Waals surface area contributed by atoms with E-state index >= 15 is 0 Å². The highest BCUT2D eigenvalue weighted by molar-refractivity contribution is 5.90. The minimum Gasteiger partial charge on any atom is -0.491 e. The Hall–Kier alpha value is -2.96. The summed E-state index contributed by atoms with van der Waals surface area (Å²) in [5.41, 5.74) is 1.48. The van der Waals surface area contributed by atoms with Gasteiger partial charge in [0.15, 0.2) is 11.6 Å². The Morgan fingerprint density at radius 2 is 1.85 bits per heavy atom. The average molecular weight is 377 g/mol. The molecule has 0 bridgehead atoms. The van der Waals surface area contributed by atoms with Crippen LogP contribution < -0.4 is 10.1 Å². The standard InChI is InChI=1S/C20H21F2NO4/c1-13(20(25)26)11-14-4-7-16(8-5-14)23-19(24)3-2-10-27-18-9-6-15(21)12-17(18)22/h4-9,12-13H,2-3,10-11H2,1H3,(H,23,24)(H,25,26). The molecule has 0 aromatic heterocycles. The van der Waals surface area contributed by atoms with Crippen LogP contribution in [0.1, 0.15) is 25.3 Å². The molecule has 1 unspecified atom stereocenters. The van der Waals surface area contributed by atoms with E-state index < -0.39 is 23.5 Å². The van der Waals surface area contributed by atoms with Crippen molar-refractivity contribution in [1.29, 1.82) is 0 Å². The van der Waals surface area contributed by atoms with Crippen molar-refractivity contribution in [3.63, 3.8) is 0 Å². The van der Waals surface area contributed by atoms with Crippen LogP contribution in [0, 0.1) is 17.6 Å². The zero-order valence-electron chi connectivity index (χ0n) is 14.9. The van der Waals surface area contributed by atoms with Crippen molar-refractivity contribution in [1.82, 2.24) is 0 Å². The molecule has 2 N–H and O–H groups in total. The number of aliphatic carboxylic acids is 1. The van der Waals surface area contributed by atoms with Gasteiger partial charge in [-0.2, -0.15) is 0 Å². The normalized spacial score (nSPS) is 11.7. The number of nitrogens with one attached hydrogen (secondary N) is 1. The van der Waals surface area contributed by atoms with E-state index in [1.807, 2.05) is 0 Å². The quantitative estimate of drug-likeness (QED) is 0.647. The van der Waals surface area contributed by atoms with Gasteiger partial charge in [-0.1, -0.05) is 19.1 Å². The molecule has 2 aromatic rings. The number of amides is 1. The molecule has 144 valence electrons. The number of hydrogen-bond donors (Lipinski definition) is 2. The fourth-order valence-electron chi connectivity index (χ4n) is 2.40. The third-order valence-electron chi connectivity index (χ3n) is 3.90. The fraction of sp³-hybridized carbons (Fsp3) is 0.300. The van der Waals surface area contributed by atoms with E-state index in [0.29, 0.717) is 18.5 Å². The van der Waals surface area contributed by atoms with Gasteiger partial charge in [0, 0.05) is 18.2 Å². The number of carboxylic acids is 1. The van der Waals surface area contributed by atoms with Crippen molar-refractivity contribution in [3.8, 4) is 5.75 Å². The first-order valence-electron chi connectivity index (χ1n) is 8.54. The summed E-state index contributed by atoms with van der Waals surface area (Å²) < 4.78 is 31.4. The van der Waals surface area contributed by atoms with Crippen molar-refractivity contribution in [2.75, 3.05) is 11.9 Å². The average Bonchev–Trinajstić information content (AvgIpc) is 2.61. The third-order valence-corrected chi connectivity index (χ3v) is 3.90. The van der Waals surface area contributed by atoms with E-state index in [1.54, 1.807) is 31.2 Å². The first kappa shape index (κ1) is 20.4. The number of carbonyl (C=O) groups excluding carboxylic acids is 1. The van der Waals surface area contributed by atoms with E-state index in [-0.39, 0.29) is 24.7 Å². The van der Waals surface area contributed by atoms with Crippen LogP contribution in [0.4, 0.5) is 14.5 Å². The minimum absolute atomic E-state index is 0.0528. The number of carbonyl (C=O) groups is 2. The van der Waals surface area contributed by atoms with E-state index in [1.165, 1.54) is 6.07 Å². The van der Waals surface area contributed by atoms with Gasteiger partial charge in [-0.15, -0.1) is 0 Å². The third kappa shape index (κ3) is 6.69. The molecule has 0 aliphatic carbocycles. The molecule has 1 amide bonds. The maximum Gasteiger partial charge on any atom is 0.306 e. The second kappa shape index (κ2) is 9.66. The van der Waals surface area contributed by atoms with E-state index in [0.717, 1.165) is 17.7 Å². The Labute approximate surface area is 156 Å². The van der Waals surface area contributed by atoms with Gasteiger partial charge in [0.05, 0.1) is 12.5 Å². The molecule has 0 heterocycles. The number of hydrogen-bond acceptors (Lipinski definition) is 3. The number of halogens is 2. The van der Waals surface area contributed by atoms with Crippen LogP contribution in [0.3, 0.4) is 0 Å². The summed E-state index contributed by atoms with van der Waals surface area (Å²) in [4.78, 5) is 22.8. The van der Waals surface area contributed by atoms with Crippen LogP contribution in [-0.4, -0.2) is 23.6 Å². The summed E-state index contributed by atoms with van der Waals surface area (Å²) in [5, 5.41) is 11.6. The Morgan fingerprint density at radius 3 is 2.48 bits per heavy atom. The van der Waals surface area contributed by atoms with Crippen molar-refractivity contribution in [2.24, 2.45) is 5.92 Å². The lowest BCUT2D eigenvalue weighted by Gasteiger charge is -2.09. The van der Waals surface area contributed by atoms with Crippen LogP contribution in [0.25, 0.3) is 0 Å². The number of ether oxygens (including phenoxy) is 1. The molecule has 0 aliphatic heterocycles. The summed E-state index contributed by atoms with van der Waals surface area (Å²) in [5.74, 6) is -3.06. The Kier molecular flexibility index (Phi) is 7.28. The van der Waals surface area contributed by atoms with Gasteiger partial charge >= 0.3 is 5.97 Å². The number of benzene rings is 2. The lowest BCUT2D eigenvalue weighted by atomic mass is 10.0. The van der Waals surface area contributed by atoms with Gasteiger partial charge in [-0.25, -0.2) is 8.78 Å². The van der Waals surface area contributed by atoms with Gasteiger partial charge in [0.2, 0.25) is 5.91 Å². The highest BCUT2D eigenvalue weighted by Crippen LogP contribution is 2.18. The number of carboxylic acid groups (broad SMARTS) is 1. The maximum atomic E-state index is 13.4. The molecule has 5 nitrogen and oxygen atoms in total. The van der Waals surface area contributed by atoms with Crippen molar-refractivity contribution in [3.05, 3.63) is 59.7 Å². The zero-order chi connectivity index (χ0) is 19.8. The highest BCUT2D eigenvalue weighted by atomic mass is 19.1. The summed E-state index contributed by atoms with van der Waals surface area (Å²) in [7, 11) is 0. The Balaban J connectivity index is 1.73. The molecule has 0 saturated carbocycles. The predicted octanol–water partition coefficient (Wildman–Crippen LogP) is 4.03. The Morgan fingerprint density at radius 1 is 1.15 bits per heavy atom. The maximum absolute atomic E-state index is 13.4. The van der Waals surface area contributed by atoms with Crippen LogP contribution in [0.5, 0.6) is 5.75 Å². The van der Waals surface area contributed by atoms with Gasteiger partial charge in [0.1, 0.15) is 5.82 Å². The summed E-state index contributed by atoms with van der Waals surface area (Å²) in [6.45, 7) is 1.76. The molecule has 7 heteroatoms. The molecule has 0 radical (unpaired) electrons. The molecule has 2 aromatic carbocycles. The molecule has 0 aliphatic rings. The smallest absolute Gasteiger partial charge is 0.306 e. The number of anilines is 1. The van der Waals surface area contributed by atoms with Crippen LogP contribution >= 0.6 is 0 Å². The van der Waals surface area contributed by atoms with Crippen molar-refractivity contribution in [2.45, 2.75) is 26.2 Å². The lowest BCUT2D eigenvalue weighted by Crippen LogP contribution is -2.14. The van der Waals surface area contributed by atoms with Crippen molar-refractivity contribution >= 4 is 17.6 Å². The summed E-state index contributed by atoms with van der Waals surface area (Å²) in [6, 6.07) is 10.0. The largest absolute Gasteiger partial charge is 0.491 e. The molecular weight excluding hydrogens is 356 g/mol. The highest BCUT2D eigenvalue weighted by Gasteiger charge is 2.11. The summed E-state index contributed by atoms with van der Waals surface area (Å²) >= 11 is 0. The Bertz CT molecular complexity index is 793. The van der Waals surface area contributed by atoms with E-state index in [2.05, 4.69) is 5.32 Å². The second-order valence-corrected chi connectivity index (χ2v) is 6.22.